The number of esters is 1. The smallest absolute Gasteiger partial charge is 0.303 e. The first-order valence-corrected chi connectivity index (χ1v) is 7.40. The number of nitrogens with zero attached hydrogens (tertiary/aromatic N) is 1. The average molecular weight is 311 g/mol. The Kier molecular flexibility index (Phi) is 4.26. The van der Waals surface area contributed by atoms with E-state index < -0.39 is 17.5 Å². The molecule has 0 radical (unpaired) electrons. The van der Waals surface area contributed by atoms with Crippen LogP contribution < -0.4 is 10.6 Å². The summed E-state index contributed by atoms with van der Waals surface area (Å²) in [6.07, 6.45) is 1.50. The van der Waals surface area contributed by atoms with E-state index in [1.165, 1.54) is 20.8 Å². The van der Waals surface area contributed by atoms with Crippen molar-refractivity contribution in [3.05, 3.63) is 10.6 Å². The largest absolute Gasteiger partial charge is 0.450 e. The van der Waals surface area contributed by atoms with Crippen LogP contribution in [0.3, 0.4) is 0 Å². The van der Waals surface area contributed by atoms with Gasteiger partial charge >= 0.3 is 5.97 Å². The molecule has 0 spiro atoms. The minimum atomic E-state index is -1.29. The number of aromatic nitrogens is 1. The first-order chi connectivity index (χ1) is 9.79. The van der Waals surface area contributed by atoms with Crippen molar-refractivity contribution in [1.82, 2.24) is 10.3 Å². The van der Waals surface area contributed by atoms with Gasteiger partial charge in [-0.25, -0.2) is 4.98 Å². The molecule has 8 heteroatoms. The summed E-state index contributed by atoms with van der Waals surface area (Å²) in [7, 11) is 0. The Labute approximate surface area is 126 Å². The number of thiazole rings is 1. The van der Waals surface area contributed by atoms with E-state index in [4.69, 9.17) is 4.74 Å². The lowest BCUT2D eigenvalue weighted by Gasteiger charge is -2.22. The number of rotatable bonds is 3. The van der Waals surface area contributed by atoms with Gasteiger partial charge in [-0.05, 0) is 26.7 Å². The van der Waals surface area contributed by atoms with Crippen molar-refractivity contribution in [2.45, 2.75) is 39.2 Å². The average Bonchev–Trinajstić information content (AvgIpc) is 2.68. The van der Waals surface area contributed by atoms with E-state index in [0.29, 0.717) is 28.7 Å². The standard InChI is InChI=1S/C13H17N3O4S/c1-7(17)20-13(2,3)11(19)16-12-15-8-5-4-6-14-10(18)9(8)21-12/h4-6H2,1-3H3,(H,14,18)(H,15,16,19). The number of fused-ring (bicyclic) bond motifs is 1. The summed E-state index contributed by atoms with van der Waals surface area (Å²) >= 11 is 1.12. The van der Waals surface area contributed by atoms with Crippen LogP contribution in [-0.4, -0.2) is 34.9 Å². The molecule has 0 unspecified atom stereocenters. The van der Waals surface area contributed by atoms with Crippen LogP contribution in [0, 0.1) is 0 Å². The Morgan fingerprint density at radius 3 is 2.81 bits per heavy atom. The first kappa shape index (κ1) is 15.4. The molecule has 21 heavy (non-hydrogen) atoms. The Morgan fingerprint density at radius 2 is 2.14 bits per heavy atom. The number of carbonyl (C=O) groups is 3. The second-order valence-electron chi connectivity index (χ2n) is 5.21. The van der Waals surface area contributed by atoms with Crippen molar-refractivity contribution < 1.29 is 19.1 Å². The second-order valence-corrected chi connectivity index (χ2v) is 6.21. The van der Waals surface area contributed by atoms with E-state index in [9.17, 15) is 14.4 Å². The summed E-state index contributed by atoms with van der Waals surface area (Å²) in [5.74, 6) is -1.19. The number of hydrogen-bond donors (Lipinski definition) is 2. The molecule has 1 aliphatic rings. The predicted octanol–water partition coefficient (Wildman–Crippen LogP) is 1.10. The Bertz CT molecular complexity index is 594. The molecule has 0 fully saturated rings. The summed E-state index contributed by atoms with van der Waals surface area (Å²) in [6, 6.07) is 0. The zero-order chi connectivity index (χ0) is 15.6. The Balaban J connectivity index is 2.14. The van der Waals surface area contributed by atoms with Gasteiger partial charge in [0.25, 0.3) is 11.8 Å². The highest BCUT2D eigenvalue weighted by atomic mass is 32.1. The van der Waals surface area contributed by atoms with Crippen LogP contribution in [0.1, 0.15) is 42.6 Å². The minimum absolute atomic E-state index is 0.167. The predicted molar refractivity (Wildman–Crippen MR) is 77.2 cm³/mol. The third-order valence-corrected chi connectivity index (χ3v) is 3.96. The van der Waals surface area contributed by atoms with Crippen LogP contribution in [0.2, 0.25) is 0 Å². The number of anilines is 1. The summed E-state index contributed by atoms with van der Waals surface area (Å²) in [4.78, 5) is 39.7. The fraction of sp³-hybridized carbons (Fsp3) is 0.538. The molecule has 7 nitrogen and oxygen atoms in total. The molecular weight excluding hydrogens is 294 g/mol. The number of carbonyl (C=O) groups excluding carboxylic acids is 3. The Hall–Kier alpha value is -1.96. The zero-order valence-electron chi connectivity index (χ0n) is 12.1. The van der Waals surface area contributed by atoms with Gasteiger partial charge in [0.05, 0.1) is 5.69 Å². The summed E-state index contributed by atoms with van der Waals surface area (Å²) in [5, 5.41) is 5.71. The van der Waals surface area contributed by atoms with Crippen LogP contribution in [0.4, 0.5) is 5.13 Å². The SMILES string of the molecule is CC(=O)OC(C)(C)C(=O)Nc1nc2c(s1)C(=O)NCCC2. The van der Waals surface area contributed by atoms with Crippen LogP contribution in [0.25, 0.3) is 0 Å². The highest BCUT2D eigenvalue weighted by molar-refractivity contribution is 7.17. The van der Waals surface area contributed by atoms with E-state index in [-0.39, 0.29) is 5.91 Å². The van der Waals surface area contributed by atoms with Crippen molar-refractivity contribution in [3.63, 3.8) is 0 Å². The van der Waals surface area contributed by atoms with Gasteiger partial charge in [0.15, 0.2) is 10.7 Å². The van der Waals surface area contributed by atoms with Gasteiger partial charge in [-0.3, -0.25) is 19.7 Å². The van der Waals surface area contributed by atoms with Crippen LogP contribution in [-0.2, 0) is 20.7 Å². The molecule has 2 N–H and O–H groups in total. The van der Waals surface area contributed by atoms with Gasteiger partial charge in [-0.2, -0.15) is 0 Å². The monoisotopic (exact) mass is 311 g/mol. The van der Waals surface area contributed by atoms with Crippen molar-refractivity contribution in [3.8, 4) is 0 Å². The van der Waals surface area contributed by atoms with Gasteiger partial charge in [0, 0.05) is 13.5 Å². The summed E-state index contributed by atoms with van der Waals surface area (Å²) in [6.45, 7) is 4.86. The van der Waals surface area contributed by atoms with Crippen LogP contribution in [0.5, 0.6) is 0 Å². The molecule has 0 saturated carbocycles. The summed E-state index contributed by atoms with van der Waals surface area (Å²) in [5.41, 5.74) is -0.604. The maximum Gasteiger partial charge on any atom is 0.303 e. The van der Waals surface area contributed by atoms with Gasteiger partial charge in [0.2, 0.25) is 0 Å². The van der Waals surface area contributed by atoms with Crippen LogP contribution >= 0.6 is 11.3 Å². The lowest BCUT2D eigenvalue weighted by atomic mass is 10.1. The molecule has 1 aliphatic heterocycles. The van der Waals surface area contributed by atoms with E-state index >= 15 is 0 Å². The lowest BCUT2D eigenvalue weighted by molar-refractivity contribution is -0.160. The number of nitrogens with one attached hydrogen (secondary N) is 2. The summed E-state index contributed by atoms with van der Waals surface area (Å²) < 4.78 is 4.96. The van der Waals surface area contributed by atoms with E-state index in [0.717, 1.165) is 17.8 Å². The molecule has 2 amide bonds. The molecule has 2 rings (SSSR count). The van der Waals surface area contributed by atoms with E-state index in [1.54, 1.807) is 0 Å². The van der Waals surface area contributed by atoms with Gasteiger partial charge in [0.1, 0.15) is 4.88 Å². The number of ether oxygens (including phenoxy) is 1. The highest BCUT2D eigenvalue weighted by Crippen LogP contribution is 2.26. The second kappa shape index (κ2) is 5.80. The van der Waals surface area contributed by atoms with Crippen molar-refractivity contribution in [1.29, 1.82) is 0 Å². The van der Waals surface area contributed by atoms with E-state index in [2.05, 4.69) is 15.6 Å². The lowest BCUT2D eigenvalue weighted by Crippen LogP contribution is -2.41. The third kappa shape index (κ3) is 3.57. The zero-order valence-corrected chi connectivity index (χ0v) is 12.9. The minimum Gasteiger partial charge on any atom is -0.450 e. The molecule has 0 aromatic carbocycles. The van der Waals surface area contributed by atoms with Gasteiger partial charge in [-0.15, -0.1) is 0 Å². The van der Waals surface area contributed by atoms with Crippen molar-refractivity contribution in [2.75, 3.05) is 11.9 Å². The molecule has 2 heterocycles. The van der Waals surface area contributed by atoms with Gasteiger partial charge < -0.3 is 10.1 Å². The molecule has 0 saturated heterocycles. The number of amides is 2. The molecule has 114 valence electrons. The van der Waals surface area contributed by atoms with Gasteiger partial charge in [-0.1, -0.05) is 11.3 Å². The normalized spacial score (nSPS) is 14.7. The van der Waals surface area contributed by atoms with Crippen LogP contribution in [0.15, 0.2) is 0 Å². The fourth-order valence-corrected chi connectivity index (χ4v) is 2.87. The third-order valence-electron chi connectivity index (χ3n) is 2.95. The molecular formula is C13H17N3O4S. The molecule has 1 aromatic rings. The number of hydrogen-bond acceptors (Lipinski definition) is 6. The highest BCUT2D eigenvalue weighted by Gasteiger charge is 2.32. The van der Waals surface area contributed by atoms with Crippen molar-refractivity contribution in [2.24, 2.45) is 0 Å². The number of aryl methyl sites for hydroxylation is 1. The maximum absolute atomic E-state index is 12.1. The van der Waals surface area contributed by atoms with Crippen molar-refractivity contribution >= 4 is 34.3 Å². The molecule has 0 aliphatic carbocycles. The molecule has 0 atom stereocenters. The quantitative estimate of drug-likeness (QED) is 0.815. The molecule has 0 bridgehead atoms. The first-order valence-electron chi connectivity index (χ1n) is 6.58. The maximum atomic E-state index is 12.1. The fourth-order valence-electron chi connectivity index (χ4n) is 1.94. The van der Waals surface area contributed by atoms with E-state index in [1.807, 2.05) is 0 Å². The topological polar surface area (TPSA) is 97.4 Å². The molecule has 1 aromatic heterocycles. The Morgan fingerprint density at radius 1 is 1.43 bits per heavy atom.